The van der Waals surface area contributed by atoms with Crippen molar-refractivity contribution in [2.75, 3.05) is 23.7 Å². The molecule has 0 aromatic heterocycles. The number of urea groups is 1. The largest absolute Gasteiger partial charge is 0.366 e. The fraction of sp³-hybridized carbons (Fsp3) is 0.211. The lowest BCUT2D eigenvalue weighted by Crippen LogP contribution is -2.36. The number of rotatable bonds is 7. The Morgan fingerprint density at radius 2 is 1.54 bits per heavy atom. The van der Waals surface area contributed by atoms with Gasteiger partial charge in [-0.25, -0.2) is 4.79 Å². The average Bonchev–Trinajstić information content (AvgIpc) is 2.63. The van der Waals surface area contributed by atoms with Crippen molar-refractivity contribution in [1.82, 2.24) is 4.90 Å². The molecule has 4 amide bonds. The maximum Gasteiger partial charge on any atom is 0.321 e. The van der Waals surface area contributed by atoms with E-state index in [2.05, 4.69) is 10.6 Å². The summed E-state index contributed by atoms with van der Waals surface area (Å²) in [6.07, 6.45) is 0.160. The van der Waals surface area contributed by atoms with Gasteiger partial charge in [0.2, 0.25) is 11.8 Å². The monoisotopic (exact) mass is 354 g/mol. The predicted molar refractivity (Wildman–Crippen MR) is 101 cm³/mol. The zero-order valence-electron chi connectivity index (χ0n) is 14.6. The van der Waals surface area contributed by atoms with E-state index in [9.17, 15) is 14.4 Å². The summed E-state index contributed by atoms with van der Waals surface area (Å²) in [5.41, 5.74) is 6.82. The van der Waals surface area contributed by atoms with Crippen molar-refractivity contribution < 1.29 is 14.4 Å². The minimum Gasteiger partial charge on any atom is -0.366 e. The summed E-state index contributed by atoms with van der Waals surface area (Å²) in [5, 5.41) is 5.52. The molecule has 0 atom stereocenters. The molecule has 136 valence electrons. The zero-order chi connectivity index (χ0) is 18.9. The predicted octanol–water partition coefficient (Wildman–Crippen LogP) is 2.67. The third-order valence-corrected chi connectivity index (χ3v) is 3.76. The highest BCUT2D eigenvalue weighted by Crippen LogP contribution is 2.10. The van der Waals surface area contributed by atoms with Gasteiger partial charge in [-0.2, -0.15) is 0 Å². The van der Waals surface area contributed by atoms with E-state index in [-0.39, 0.29) is 18.4 Å². The van der Waals surface area contributed by atoms with Gasteiger partial charge in [-0.15, -0.1) is 0 Å². The maximum absolute atomic E-state index is 12.3. The summed E-state index contributed by atoms with van der Waals surface area (Å²) in [7, 11) is 0. The van der Waals surface area contributed by atoms with Crippen LogP contribution in [0.25, 0.3) is 0 Å². The molecule has 0 bridgehead atoms. The SMILES string of the molecule is CCN(CCC(=O)Nc1ccc(C(N)=O)cc1)C(=O)Nc1ccccc1. The number of carbonyl (C=O) groups is 3. The molecular formula is C19H22N4O3. The second-order valence-corrected chi connectivity index (χ2v) is 5.62. The summed E-state index contributed by atoms with van der Waals surface area (Å²) in [4.78, 5) is 36.9. The molecule has 2 aromatic rings. The molecule has 7 nitrogen and oxygen atoms in total. The Bertz CT molecular complexity index is 760. The number of hydrogen-bond donors (Lipinski definition) is 3. The van der Waals surface area contributed by atoms with E-state index in [4.69, 9.17) is 5.73 Å². The van der Waals surface area contributed by atoms with Crippen molar-refractivity contribution in [3.8, 4) is 0 Å². The van der Waals surface area contributed by atoms with Crippen LogP contribution in [0.4, 0.5) is 16.2 Å². The van der Waals surface area contributed by atoms with Crippen LogP contribution in [-0.2, 0) is 4.79 Å². The summed E-state index contributed by atoms with van der Waals surface area (Å²) >= 11 is 0. The zero-order valence-corrected chi connectivity index (χ0v) is 14.6. The number of carbonyl (C=O) groups excluding carboxylic acids is 3. The van der Waals surface area contributed by atoms with Gasteiger partial charge in [0, 0.05) is 36.4 Å². The normalized spacial score (nSPS) is 10.0. The van der Waals surface area contributed by atoms with Crippen molar-refractivity contribution in [2.45, 2.75) is 13.3 Å². The molecule has 0 heterocycles. The van der Waals surface area contributed by atoms with Crippen LogP contribution in [-0.4, -0.2) is 35.8 Å². The van der Waals surface area contributed by atoms with Gasteiger partial charge in [-0.1, -0.05) is 18.2 Å². The molecule has 0 aliphatic heterocycles. The Hall–Kier alpha value is -3.35. The first kappa shape index (κ1) is 19.0. The van der Waals surface area contributed by atoms with Crippen molar-refractivity contribution in [2.24, 2.45) is 5.73 Å². The number of nitrogens with two attached hydrogens (primary N) is 1. The van der Waals surface area contributed by atoms with Gasteiger partial charge in [0.25, 0.3) is 0 Å². The van der Waals surface area contributed by atoms with Crippen LogP contribution in [0, 0.1) is 0 Å². The highest BCUT2D eigenvalue weighted by atomic mass is 16.2. The highest BCUT2D eigenvalue weighted by Gasteiger charge is 2.13. The minimum absolute atomic E-state index is 0.160. The molecule has 4 N–H and O–H groups in total. The third-order valence-electron chi connectivity index (χ3n) is 3.76. The molecule has 0 aliphatic carbocycles. The van der Waals surface area contributed by atoms with E-state index in [0.29, 0.717) is 30.0 Å². The van der Waals surface area contributed by atoms with Crippen molar-refractivity contribution in [1.29, 1.82) is 0 Å². The number of para-hydroxylation sites is 1. The Morgan fingerprint density at radius 3 is 2.12 bits per heavy atom. The van der Waals surface area contributed by atoms with Gasteiger partial charge in [-0.05, 0) is 43.3 Å². The Kier molecular flexibility index (Phi) is 6.73. The molecular weight excluding hydrogens is 332 g/mol. The van der Waals surface area contributed by atoms with Crippen LogP contribution < -0.4 is 16.4 Å². The molecule has 26 heavy (non-hydrogen) atoms. The number of nitrogens with zero attached hydrogens (tertiary/aromatic N) is 1. The fourth-order valence-electron chi connectivity index (χ4n) is 2.31. The van der Waals surface area contributed by atoms with Crippen molar-refractivity contribution in [3.63, 3.8) is 0 Å². The smallest absolute Gasteiger partial charge is 0.321 e. The topological polar surface area (TPSA) is 105 Å². The van der Waals surface area contributed by atoms with Gasteiger partial charge in [0.1, 0.15) is 0 Å². The highest BCUT2D eigenvalue weighted by molar-refractivity contribution is 5.95. The molecule has 0 unspecified atom stereocenters. The second-order valence-electron chi connectivity index (χ2n) is 5.62. The maximum atomic E-state index is 12.3. The number of amides is 4. The van der Waals surface area contributed by atoms with E-state index >= 15 is 0 Å². The van der Waals surface area contributed by atoms with Gasteiger partial charge in [-0.3, -0.25) is 9.59 Å². The van der Waals surface area contributed by atoms with E-state index in [1.165, 1.54) is 0 Å². The first-order valence-electron chi connectivity index (χ1n) is 8.30. The summed E-state index contributed by atoms with van der Waals surface area (Å²) in [6, 6.07) is 15.2. The van der Waals surface area contributed by atoms with E-state index in [1.807, 2.05) is 25.1 Å². The van der Waals surface area contributed by atoms with Crippen LogP contribution in [0.15, 0.2) is 54.6 Å². The summed E-state index contributed by atoms with van der Waals surface area (Å²) in [6.45, 7) is 2.63. The molecule has 2 rings (SSSR count). The Morgan fingerprint density at radius 1 is 0.923 bits per heavy atom. The number of nitrogens with one attached hydrogen (secondary N) is 2. The van der Waals surface area contributed by atoms with Crippen LogP contribution in [0.5, 0.6) is 0 Å². The lowest BCUT2D eigenvalue weighted by atomic mass is 10.2. The first-order valence-corrected chi connectivity index (χ1v) is 8.30. The molecule has 7 heteroatoms. The van der Waals surface area contributed by atoms with Gasteiger partial charge in [0.15, 0.2) is 0 Å². The van der Waals surface area contributed by atoms with Crippen LogP contribution in [0.3, 0.4) is 0 Å². The van der Waals surface area contributed by atoms with Crippen molar-refractivity contribution in [3.05, 3.63) is 60.2 Å². The lowest BCUT2D eigenvalue weighted by molar-refractivity contribution is -0.116. The first-order chi connectivity index (χ1) is 12.5. The van der Waals surface area contributed by atoms with Gasteiger partial charge < -0.3 is 21.3 Å². The second kappa shape index (κ2) is 9.22. The standard InChI is InChI=1S/C19H22N4O3/c1-2-23(19(26)22-15-6-4-3-5-7-15)13-12-17(24)21-16-10-8-14(9-11-16)18(20)25/h3-11H,2,12-13H2,1H3,(H2,20,25)(H,21,24)(H,22,26). The summed E-state index contributed by atoms with van der Waals surface area (Å²) in [5.74, 6) is -0.742. The molecule has 0 saturated heterocycles. The van der Waals surface area contributed by atoms with Crippen molar-refractivity contribution >= 4 is 29.2 Å². The van der Waals surface area contributed by atoms with Gasteiger partial charge >= 0.3 is 6.03 Å². The molecule has 0 spiro atoms. The number of hydrogen-bond acceptors (Lipinski definition) is 3. The lowest BCUT2D eigenvalue weighted by Gasteiger charge is -2.21. The number of primary amides is 1. The average molecular weight is 354 g/mol. The van der Waals surface area contributed by atoms with Crippen LogP contribution >= 0.6 is 0 Å². The fourth-order valence-corrected chi connectivity index (χ4v) is 2.31. The van der Waals surface area contributed by atoms with E-state index < -0.39 is 5.91 Å². The molecule has 0 aliphatic rings. The summed E-state index contributed by atoms with van der Waals surface area (Å²) < 4.78 is 0. The quantitative estimate of drug-likeness (QED) is 0.712. The molecule has 0 radical (unpaired) electrons. The van der Waals surface area contributed by atoms with E-state index in [0.717, 1.165) is 0 Å². The van der Waals surface area contributed by atoms with E-state index in [1.54, 1.807) is 41.3 Å². The molecule has 2 aromatic carbocycles. The Balaban J connectivity index is 1.84. The number of anilines is 2. The minimum atomic E-state index is -0.522. The Labute approximate surface area is 152 Å². The molecule has 0 saturated carbocycles. The third kappa shape index (κ3) is 5.62. The van der Waals surface area contributed by atoms with Gasteiger partial charge in [0.05, 0.1) is 0 Å². The van der Waals surface area contributed by atoms with Crippen LogP contribution in [0.2, 0.25) is 0 Å². The number of benzene rings is 2. The van der Waals surface area contributed by atoms with Crippen LogP contribution in [0.1, 0.15) is 23.7 Å². The molecule has 0 fully saturated rings.